The van der Waals surface area contributed by atoms with E-state index in [1.54, 1.807) is 0 Å². The maximum atomic E-state index is 13.3. The summed E-state index contributed by atoms with van der Waals surface area (Å²) in [5.41, 5.74) is 0.271. The van der Waals surface area contributed by atoms with E-state index in [1.807, 2.05) is 22.9 Å². The third-order valence-electron chi connectivity index (χ3n) is 5.26. The van der Waals surface area contributed by atoms with Crippen LogP contribution < -0.4 is 0 Å². The summed E-state index contributed by atoms with van der Waals surface area (Å²) in [4.78, 5) is 37.5. The number of ketones is 1. The molecule has 3 rings (SSSR count). The molecule has 2 aliphatic rings. The molecule has 2 fully saturated rings. The molecule has 130 valence electrons. The van der Waals surface area contributed by atoms with Crippen LogP contribution in [0.5, 0.6) is 0 Å². The van der Waals surface area contributed by atoms with Crippen LogP contribution in [0.4, 0.5) is 0 Å². The lowest BCUT2D eigenvalue weighted by molar-refractivity contribution is -0.163. The summed E-state index contributed by atoms with van der Waals surface area (Å²) in [6, 6.07) is 3.97. The number of ether oxygens (including phenoxy) is 2. The SMILES string of the molecule is COC(=O)C(C(=O)OC)C(=O)C1(n2cccc2C2CC2)CCCC1. The Kier molecular flexibility index (Phi) is 4.47. The number of nitrogens with zero attached hydrogens (tertiary/aromatic N) is 1. The molecule has 1 aromatic rings. The van der Waals surface area contributed by atoms with E-state index in [2.05, 4.69) is 0 Å². The molecule has 0 aromatic carbocycles. The van der Waals surface area contributed by atoms with Crippen LogP contribution in [0.3, 0.4) is 0 Å². The van der Waals surface area contributed by atoms with Gasteiger partial charge in [-0.3, -0.25) is 14.4 Å². The van der Waals surface area contributed by atoms with Gasteiger partial charge in [-0.05, 0) is 43.7 Å². The molecule has 2 aliphatic carbocycles. The van der Waals surface area contributed by atoms with Crippen LogP contribution in [-0.2, 0) is 29.4 Å². The Morgan fingerprint density at radius 2 is 1.71 bits per heavy atom. The van der Waals surface area contributed by atoms with Gasteiger partial charge in [-0.25, -0.2) is 0 Å². The number of methoxy groups -OCH3 is 2. The second kappa shape index (κ2) is 6.42. The minimum Gasteiger partial charge on any atom is -0.468 e. The lowest BCUT2D eigenvalue weighted by Gasteiger charge is -2.33. The van der Waals surface area contributed by atoms with Crippen LogP contribution in [0.1, 0.15) is 50.1 Å². The topological polar surface area (TPSA) is 74.6 Å². The van der Waals surface area contributed by atoms with E-state index in [0.29, 0.717) is 18.8 Å². The second-order valence-electron chi connectivity index (χ2n) is 6.66. The van der Waals surface area contributed by atoms with E-state index in [9.17, 15) is 14.4 Å². The van der Waals surface area contributed by atoms with Crippen molar-refractivity contribution in [1.82, 2.24) is 4.57 Å². The van der Waals surface area contributed by atoms with Gasteiger partial charge < -0.3 is 14.0 Å². The van der Waals surface area contributed by atoms with E-state index in [-0.39, 0.29) is 0 Å². The minimum absolute atomic E-state index is 0.406. The average molecular weight is 333 g/mol. The highest BCUT2D eigenvalue weighted by atomic mass is 16.5. The van der Waals surface area contributed by atoms with Gasteiger partial charge >= 0.3 is 11.9 Å². The Labute approximate surface area is 141 Å². The number of aromatic nitrogens is 1. The summed E-state index contributed by atoms with van der Waals surface area (Å²) in [5.74, 6) is -3.15. The van der Waals surface area contributed by atoms with E-state index in [0.717, 1.165) is 31.4 Å². The van der Waals surface area contributed by atoms with Crippen molar-refractivity contribution in [2.45, 2.75) is 50.0 Å². The molecular formula is C18H23NO5. The fourth-order valence-corrected chi connectivity index (χ4v) is 3.88. The first kappa shape index (κ1) is 16.7. The first-order chi connectivity index (χ1) is 11.5. The van der Waals surface area contributed by atoms with Crippen molar-refractivity contribution in [2.75, 3.05) is 14.2 Å². The summed E-state index contributed by atoms with van der Waals surface area (Å²) in [6.07, 6.45) is 7.18. The molecule has 1 heterocycles. The van der Waals surface area contributed by atoms with Crippen molar-refractivity contribution in [3.05, 3.63) is 24.0 Å². The number of carbonyl (C=O) groups excluding carboxylic acids is 3. The summed E-state index contributed by atoms with van der Waals surface area (Å²) < 4.78 is 11.4. The number of hydrogen-bond acceptors (Lipinski definition) is 5. The number of carbonyl (C=O) groups is 3. The predicted molar refractivity (Wildman–Crippen MR) is 85.4 cm³/mol. The highest BCUT2D eigenvalue weighted by Crippen LogP contribution is 2.46. The summed E-state index contributed by atoms with van der Waals surface area (Å²) in [7, 11) is 2.36. The molecule has 0 unspecified atom stereocenters. The van der Waals surface area contributed by atoms with E-state index >= 15 is 0 Å². The smallest absolute Gasteiger partial charge is 0.327 e. The minimum atomic E-state index is -1.52. The molecule has 24 heavy (non-hydrogen) atoms. The Hall–Kier alpha value is -2.11. The first-order valence-electron chi connectivity index (χ1n) is 8.43. The number of rotatable bonds is 6. The van der Waals surface area contributed by atoms with Gasteiger partial charge in [0.15, 0.2) is 5.78 Å². The summed E-state index contributed by atoms with van der Waals surface area (Å²) in [5, 5.41) is 0. The Morgan fingerprint density at radius 3 is 2.21 bits per heavy atom. The maximum Gasteiger partial charge on any atom is 0.327 e. The van der Waals surface area contributed by atoms with Crippen molar-refractivity contribution in [3.8, 4) is 0 Å². The third kappa shape index (κ3) is 2.64. The monoisotopic (exact) mass is 333 g/mol. The fourth-order valence-electron chi connectivity index (χ4n) is 3.88. The molecule has 0 amide bonds. The van der Waals surface area contributed by atoms with Gasteiger partial charge in [0, 0.05) is 11.9 Å². The largest absolute Gasteiger partial charge is 0.468 e. The molecular weight excluding hydrogens is 310 g/mol. The molecule has 0 aliphatic heterocycles. The van der Waals surface area contributed by atoms with Crippen LogP contribution in [0.25, 0.3) is 0 Å². The highest BCUT2D eigenvalue weighted by Gasteiger charge is 2.52. The Bertz CT molecular complexity index is 636. The zero-order valence-electron chi connectivity index (χ0n) is 14.1. The van der Waals surface area contributed by atoms with Gasteiger partial charge in [0.05, 0.1) is 14.2 Å². The molecule has 6 heteroatoms. The molecule has 0 saturated heterocycles. The number of Topliss-reactive ketones (excluding diaryl/α,β-unsaturated/α-hetero) is 1. The molecule has 0 N–H and O–H groups in total. The second-order valence-corrected chi connectivity index (χ2v) is 6.66. The average Bonchev–Trinajstić information content (AvgIpc) is 3.12. The quantitative estimate of drug-likeness (QED) is 0.589. The van der Waals surface area contributed by atoms with Crippen LogP contribution in [0.2, 0.25) is 0 Å². The van der Waals surface area contributed by atoms with E-state index < -0.39 is 29.2 Å². The number of esters is 2. The fraction of sp³-hybridized carbons (Fsp3) is 0.611. The molecule has 0 atom stereocenters. The predicted octanol–water partition coefficient (Wildman–Crippen LogP) is 2.17. The van der Waals surface area contributed by atoms with E-state index in [4.69, 9.17) is 9.47 Å². The summed E-state index contributed by atoms with van der Waals surface area (Å²) >= 11 is 0. The van der Waals surface area contributed by atoms with Gasteiger partial charge in [0.1, 0.15) is 5.54 Å². The summed E-state index contributed by atoms with van der Waals surface area (Å²) in [6.45, 7) is 0. The van der Waals surface area contributed by atoms with Crippen LogP contribution in [0.15, 0.2) is 18.3 Å². The number of hydrogen-bond donors (Lipinski definition) is 0. The zero-order chi connectivity index (χ0) is 17.3. The van der Waals surface area contributed by atoms with Crippen LogP contribution >= 0.6 is 0 Å². The van der Waals surface area contributed by atoms with Crippen molar-refractivity contribution >= 4 is 17.7 Å². The Morgan fingerprint density at radius 1 is 1.12 bits per heavy atom. The normalized spacial score (nSPS) is 19.3. The third-order valence-corrected chi connectivity index (χ3v) is 5.26. The molecule has 0 bridgehead atoms. The van der Waals surface area contributed by atoms with Crippen molar-refractivity contribution in [1.29, 1.82) is 0 Å². The molecule has 2 saturated carbocycles. The van der Waals surface area contributed by atoms with Gasteiger partial charge in [0.25, 0.3) is 0 Å². The van der Waals surface area contributed by atoms with Crippen molar-refractivity contribution < 1.29 is 23.9 Å². The van der Waals surface area contributed by atoms with Crippen molar-refractivity contribution in [3.63, 3.8) is 0 Å². The lowest BCUT2D eigenvalue weighted by Crippen LogP contribution is -2.48. The van der Waals surface area contributed by atoms with Crippen molar-refractivity contribution in [2.24, 2.45) is 5.92 Å². The molecule has 0 spiro atoms. The van der Waals surface area contributed by atoms with Crippen LogP contribution in [0, 0.1) is 5.92 Å². The Balaban J connectivity index is 2.03. The molecule has 6 nitrogen and oxygen atoms in total. The van der Waals surface area contributed by atoms with Gasteiger partial charge in [0.2, 0.25) is 5.92 Å². The molecule has 0 radical (unpaired) electrons. The molecule has 1 aromatic heterocycles. The van der Waals surface area contributed by atoms with Gasteiger partial charge in [-0.2, -0.15) is 0 Å². The van der Waals surface area contributed by atoms with E-state index in [1.165, 1.54) is 14.2 Å². The maximum absolute atomic E-state index is 13.3. The zero-order valence-corrected chi connectivity index (χ0v) is 14.1. The van der Waals surface area contributed by atoms with Gasteiger partial charge in [-0.15, -0.1) is 0 Å². The lowest BCUT2D eigenvalue weighted by atomic mass is 9.83. The first-order valence-corrected chi connectivity index (χ1v) is 8.43. The highest BCUT2D eigenvalue weighted by molar-refractivity contribution is 6.17. The standard InChI is InChI=1S/C18H23NO5/c1-23-16(21)14(17(22)24-2)15(20)18(9-3-4-10-18)19-11-5-6-13(19)12-7-8-12/h5-6,11-12,14H,3-4,7-10H2,1-2H3. The van der Waals surface area contributed by atoms with Crippen LogP contribution in [-0.4, -0.2) is 36.5 Å². The van der Waals surface area contributed by atoms with Gasteiger partial charge in [-0.1, -0.05) is 12.8 Å².